The molecule has 1 aromatic rings. The lowest BCUT2D eigenvalue weighted by atomic mass is 10.1. The number of amides is 1. The molecule has 0 bridgehead atoms. The SMILES string of the molecule is C#CCN1C(=O)Cc2cc(C(C)=O)ccc21. The van der Waals surface area contributed by atoms with Crippen LogP contribution in [0, 0.1) is 12.3 Å². The molecular formula is C13H11NO2. The normalized spacial score (nSPS) is 13.5. The molecule has 1 aliphatic heterocycles. The topological polar surface area (TPSA) is 37.4 Å². The zero-order valence-corrected chi connectivity index (χ0v) is 8.99. The number of hydrogen-bond acceptors (Lipinski definition) is 2. The van der Waals surface area contributed by atoms with Gasteiger partial charge in [-0.05, 0) is 30.7 Å². The van der Waals surface area contributed by atoms with E-state index in [1.807, 2.05) is 0 Å². The van der Waals surface area contributed by atoms with Crippen molar-refractivity contribution in [1.29, 1.82) is 0 Å². The van der Waals surface area contributed by atoms with Crippen LogP contribution in [-0.4, -0.2) is 18.2 Å². The molecule has 0 unspecified atom stereocenters. The third-order valence-corrected chi connectivity index (χ3v) is 2.67. The smallest absolute Gasteiger partial charge is 0.232 e. The Labute approximate surface area is 94.1 Å². The van der Waals surface area contributed by atoms with Gasteiger partial charge in [0, 0.05) is 11.3 Å². The molecule has 1 aromatic carbocycles. The number of anilines is 1. The van der Waals surface area contributed by atoms with Gasteiger partial charge in [0.25, 0.3) is 0 Å². The van der Waals surface area contributed by atoms with Crippen molar-refractivity contribution in [1.82, 2.24) is 0 Å². The summed E-state index contributed by atoms with van der Waals surface area (Å²) in [5.41, 5.74) is 2.34. The molecule has 3 nitrogen and oxygen atoms in total. The van der Waals surface area contributed by atoms with Crippen molar-refractivity contribution in [3.63, 3.8) is 0 Å². The fourth-order valence-electron chi connectivity index (χ4n) is 1.87. The van der Waals surface area contributed by atoms with Gasteiger partial charge in [-0.3, -0.25) is 9.59 Å². The number of nitrogens with zero attached hydrogens (tertiary/aromatic N) is 1. The van der Waals surface area contributed by atoms with E-state index < -0.39 is 0 Å². The fraction of sp³-hybridized carbons (Fsp3) is 0.231. The highest BCUT2D eigenvalue weighted by atomic mass is 16.2. The van der Waals surface area contributed by atoms with Crippen LogP contribution in [-0.2, 0) is 11.2 Å². The van der Waals surface area contributed by atoms with Crippen LogP contribution in [0.1, 0.15) is 22.8 Å². The molecule has 0 saturated heterocycles. The first kappa shape index (κ1) is 10.4. The first-order chi connectivity index (χ1) is 7.63. The number of hydrogen-bond donors (Lipinski definition) is 0. The van der Waals surface area contributed by atoms with Crippen LogP contribution in [0.15, 0.2) is 18.2 Å². The number of ketones is 1. The zero-order valence-electron chi connectivity index (χ0n) is 8.99. The van der Waals surface area contributed by atoms with Crippen LogP contribution >= 0.6 is 0 Å². The molecule has 0 aliphatic carbocycles. The van der Waals surface area contributed by atoms with Gasteiger partial charge >= 0.3 is 0 Å². The second-order valence-electron chi connectivity index (χ2n) is 3.76. The number of Topliss-reactive ketones (excluding diaryl/α,β-unsaturated/α-hetero) is 1. The van der Waals surface area contributed by atoms with Crippen LogP contribution < -0.4 is 4.90 Å². The predicted molar refractivity (Wildman–Crippen MR) is 61.3 cm³/mol. The highest BCUT2D eigenvalue weighted by Crippen LogP contribution is 2.29. The fourth-order valence-corrected chi connectivity index (χ4v) is 1.87. The lowest BCUT2D eigenvalue weighted by Crippen LogP contribution is -2.26. The minimum absolute atomic E-state index is 0.00523. The van der Waals surface area contributed by atoms with Crippen molar-refractivity contribution < 1.29 is 9.59 Å². The molecule has 2 rings (SSSR count). The van der Waals surface area contributed by atoms with Gasteiger partial charge < -0.3 is 4.90 Å². The van der Waals surface area contributed by atoms with Gasteiger partial charge in [-0.2, -0.15) is 0 Å². The van der Waals surface area contributed by atoms with Crippen LogP contribution in [0.4, 0.5) is 5.69 Å². The molecule has 0 atom stereocenters. The van der Waals surface area contributed by atoms with Crippen molar-refractivity contribution in [2.75, 3.05) is 11.4 Å². The summed E-state index contributed by atoms with van der Waals surface area (Å²) in [6.07, 6.45) is 5.54. The van der Waals surface area contributed by atoms with Crippen molar-refractivity contribution in [3.8, 4) is 12.3 Å². The summed E-state index contributed by atoms with van der Waals surface area (Å²) >= 11 is 0. The van der Waals surface area contributed by atoms with E-state index in [1.165, 1.54) is 6.92 Å². The number of carbonyl (C=O) groups excluding carboxylic acids is 2. The predicted octanol–water partition coefficient (Wildman–Crippen LogP) is 1.41. The molecular weight excluding hydrogens is 202 g/mol. The first-order valence-electron chi connectivity index (χ1n) is 5.01. The van der Waals surface area contributed by atoms with E-state index in [-0.39, 0.29) is 18.2 Å². The lowest BCUT2D eigenvalue weighted by molar-refractivity contribution is -0.117. The van der Waals surface area contributed by atoms with Gasteiger partial charge in [-0.15, -0.1) is 6.42 Å². The largest absolute Gasteiger partial charge is 0.300 e. The molecule has 0 spiro atoms. The monoisotopic (exact) mass is 213 g/mol. The molecule has 0 N–H and O–H groups in total. The minimum Gasteiger partial charge on any atom is -0.300 e. The van der Waals surface area contributed by atoms with Crippen molar-refractivity contribution >= 4 is 17.4 Å². The van der Waals surface area contributed by atoms with Crippen LogP contribution in [0.3, 0.4) is 0 Å². The van der Waals surface area contributed by atoms with E-state index in [0.717, 1.165) is 11.3 Å². The maximum atomic E-state index is 11.6. The third-order valence-electron chi connectivity index (χ3n) is 2.67. The van der Waals surface area contributed by atoms with Gasteiger partial charge in [-0.1, -0.05) is 5.92 Å². The molecule has 0 aromatic heterocycles. The minimum atomic E-state index is -0.00588. The van der Waals surface area contributed by atoms with E-state index in [4.69, 9.17) is 6.42 Å². The van der Waals surface area contributed by atoms with Gasteiger partial charge in [0.2, 0.25) is 5.91 Å². The molecule has 1 heterocycles. The maximum Gasteiger partial charge on any atom is 0.232 e. The molecule has 1 amide bonds. The molecule has 0 radical (unpaired) electrons. The molecule has 0 saturated carbocycles. The van der Waals surface area contributed by atoms with Crippen LogP contribution in [0.2, 0.25) is 0 Å². The van der Waals surface area contributed by atoms with E-state index in [1.54, 1.807) is 23.1 Å². The Morgan fingerprint density at radius 2 is 2.31 bits per heavy atom. The molecule has 3 heteroatoms. The Bertz CT molecular complexity index is 511. The molecule has 0 fully saturated rings. The first-order valence-corrected chi connectivity index (χ1v) is 5.01. The van der Waals surface area contributed by atoms with Crippen molar-refractivity contribution in [3.05, 3.63) is 29.3 Å². The molecule has 80 valence electrons. The van der Waals surface area contributed by atoms with Crippen LogP contribution in [0.25, 0.3) is 0 Å². The van der Waals surface area contributed by atoms with Gasteiger partial charge in [-0.25, -0.2) is 0 Å². The Kier molecular flexibility index (Phi) is 2.49. The molecule has 1 aliphatic rings. The average molecular weight is 213 g/mol. The van der Waals surface area contributed by atoms with E-state index in [9.17, 15) is 9.59 Å². The van der Waals surface area contributed by atoms with Gasteiger partial charge in [0.15, 0.2) is 5.78 Å². The van der Waals surface area contributed by atoms with E-state index >= 15 is 0 Å². The number of rotatable bonds is 2. The van der Waals surface area contributed by atoms with Gasteiger partial charge in [0.05, 0.1) is 13.0 Å². The Balaban J connectivity index is 2.43. The van der Waals surface area contributed by atoms with Crippen molar-refractivity contribution in [2.45, 2.75) is 13.3 Å². The lowest BCUT2D eigenvalue weighted by Gasteiger charge is -2.13. The summed E-state index contributed by atoms with van der Waals surface area (Å²) in [5.74, 6) is 2.46. The van der Waals surface area contributed by atoms with E-state index in [2.05, 4.69) is 5.92 Å². The summed E-state index contributed by atoms with van der Waals surface area (Å²) in [7, 11) is 0. The standard InChI is InChI=1S/C13H11NO2/c1-3-6-14-12-5-4-10(9(2)15)7-11(12)8-13(14)16/h1,4-5,7H,6,8H2,2H3. The van der Waals surface area contributed by atoms with Crippen LogP contribution in [0.5, 0.6) is 0 Å². The van der Waals surface area contributed by atoms with E-state index in [0.29, 0.717) is 12.0 Å². The Hall–Kier alpha value is -2.08. The second kappa shape index (κ2) is 3.82. The summed E-state index contributed by atoms with van der Waals surface area (Å²) in [6.45, 7) is 1.79. The Morgan fingerprint density at radius 3 is 2.94 bits per heavy atom. The summed E-state index contributed by atoms with van der Waals surface area (Å²) in [4.78, 5) is 24.4. The summed E-state index contributed by atoms with van der Waals surface area (Å²) < 4.78 is 0. The van der Waals surface area contributed by atoms with Gasteiger partial charge in [0.1, 0.15) is 0 Å². The zero-order chi connectivity index (χ0) is 11.7. The number of fused-ring (bicyclic) bond motifs is 1. The number of terminal acetylenes is 1. The number of carbonyl (C=O) groups is 2. The summed E-state index contributed by atoms with van der Waals surface area (Å²) in [5, 5.41) is 0. The summed E-state index contributed by atoms with van der Waals surface area (Å²) in [6, 6.07) is 5.28. The Morgan fingerprint density at radius 1 is 1.56 bits per heavy atom. The second-order valence-corrected chi connectivity index (χ2v) is 3.76. The quantitative estimate of drug-likeness (QED) is 0.550. The molecule has 16 heavy (non-hydrogen) atoms. The third kappa shape index (κ3) is 1.59. The maximum absolute atomic E-state index is 11.6. The average Bonchev–Trinajstić information content (AvgIpc) is 2.55. The number of benzene rings is 1. The van der Waals surface area contributed by atoms with Crippen molar-refractivity contribution in [2.24, 2.45) is 0 Å². The highest BCUT2D eigenvalue weighted by Gasteiger charge is 2.26. The highest BCUT2D eigenvalue weighted by molar-refractivity contribution is 6.03.